The molecule has 1 aliphatic rings. The highest BCUT2D eigenvalue weighted by Gasteiger charge is 2.28. The number of thioether (sulfide) groups is 1. The summed E-state index contributed by atoms with van der Waals surface area (Å²) in [6.07, 6.45) is 7.52. The van der Waals surface area contributed by atoms with Gasteiger partial charge in [-0.05, 0) is 50.0 Å². The maximum Gasteiger partial charge on any atom is 0.303 e. The van der Waals surface area contributed by atoms with E-state index in [1.165, 1.54) is 11.8 Å². The van der Waals surface area contributed by atoms with Crippen LogP contribution >= 0.6 is 11.8 Å². The van der Waals surface area contributed by atoms with Crippen molar-refractivity contribution in [3.63, 3.8) is 0 Å². The molecule has 5 nitrogen and oxygen atoms in total. The molecule has 2 rings (SSSR count). The molecular formula is C18H24N2O3S. The molecule has 1 aromatic rings. The van der Waals surface area contributed by atoms with Crippen molar-refractivity contribution >= 4 is 29.5 Å². The Labute approximate surface area is 147 Å². The number of rotatable bonds is 8. The van der Waals surface area contributed by atoms with Gasteiger partial charge in [-0.25, -0.2) is 4.98 Å². The summed E-state index contributed by atoms with van der Waals surface area (Å²) in [5, 5.41) is 8.62. The molecule has 130 valence electrons. The van der Waals surface area contributed by atoms with E-state index in [4.69, 9.17) is 5.11 Å². The van der Waals surface area contributed by atoms with Gasteiger partial charge in [0.05, 0.1) is 5.25 Å². The smallest absolute Gasteiger partial charge is 0.303 e. The van der Waals surface area contributed by atoms with Gasteiger partial charge in [-0.2, -0.15) is 11.8 Å². The van der Waals surface area contributed by atoms with E-state index >= 15 is 0 Å². The standard InChI is InChI=1S/C18H24N2O3S/c1-3-6-15(24-2)18(23)20-12-5-7-13-10-11-14(19-17(13)20)8-4-9-16(21)22/h3,10-11,15H,1,4-9,12H2,2H3,(H,21,22). The fraction of sp³-hybridized carbons (Fsp3) is 0.500. The van der Waals surface area contributed by atoms with Gasteiger partial charge in [-0.3, -0.25) is 14.5 Å². The van der Waals surface area contributed by atoms with Crippen LogP contribution in [0.2, 0.25) is 0 Å². The molecule has 1 atom stereocenters. The number of allylic oxidation sites excluding steroid dienone is 1. The molecular weight excluding hydrogens is 324 g/mol. The zero-order valence-corrected chi connectivity index (χ0v) is 14.8. The summed E-state index contributed by atoms with van der Waals surface area (Å²) in [4.78, 5) is 29.9. The second kappa shape index (κ2) is 8.87. The predicted octanol–water partition coefficient (Wildman–Crippen LogP) is 3.08. The van der Waals surface area contributed by atoms with Crippen LogP contribution in [-0.4, -0.2) is 40.0 Å². The number of aliphatic carboxylic acids is 1. The molecule has 0 aromatic carbocycles. The lowest BCUT2D eigenvalue weighted by Crippen LogP contribution is -2.41. The molecule has 24 heavy (non-hydrogen) atoms. The average Bonchev–Trinajstić information content (AvgIpc) is 2.58. The van der Waals surface area contributed by atoms with Gasteiger partial charge in [0.2, 0.25) is 5.91 Å². The highest BCUT2D eigenvalue weighted by Crippen LogP contribution is 2.28. The molecule has 2 heterocycles. The minimum absolute atomic E-state index is 0.0820. The monoisotopic (exact) mass is 348 g/mol. The molecule has 0 aliphatic carbocycles. The van der Waals surface area contributed by atoms with Crippen LogP contribution in [0.25, 0.3) is 0 Å². The number of carbonyl (C=O) groups is 2. The number of hydrogen-bond donors (Lipinski definition) is 1. The molecule has 1 unspecified atom stereocenters. The van der Waals surface area contributed by atoms with Crippen molar-refractivity contribution in [2.75, 3.05) is 17.7 Å². The van der Waals surface area contributed by atoms with E-state index in [-0.39, 0.29) is 17.6 Å². The first kappa shape index (κ1) is 18.5. The minimum Gasteiger partial charge on any atom is -0.481 e. The van der Waals surface area contributed by atoms with Gasteiger partial charge in [0.15, 0.2) is 0 Å². The number of carbonyl (C=O) groups excluding carboxylic acids is 1. The number of anilines is 1. The zero-order valence-electron chi connectivity index (χ0n) is 14.0. The Morgan fingerprint density at radius 3 is 2.96 bits per heavy atom. The molecule has 0 fully saturated rings. The van der Waals surface area contributed by atoms with Crippen LogP contribution in [0.5, 0.6) is 0 Å². The van der Waals surface area contributed by atoms with Crippen LogP contribution in [0.3, 0.4) is 0 Å². The normalized spacial score (nSPS) is 14.8. The molecule has 0 saturated heterocycles. The van der Waals surface area contributed by atoms with Gasteiger partial charge in [-0.15, -0.1) is 6.58 Å². The summed E-state index contributed by atoms with van der Waals surface area (Å²) in [7, 11) is 0. The van der Waals surface area contributed by atoms with Crippen LogP contribution in [0.4, 0.5) is 5.82 Å². The van der Waals surface area contributed by atoms with E-state index < -0.39 is 5.97 Å². The second-order valence-corrected chi connectivity index (χ2v) is 6.92. The third kappa shape index (κ3) is 4.60. The number of fused-ring (bicyclic) bond motifs is 1. The first-order valence-electron chi connectivity index (χ1n) is 8.22. The topological polar surface area (TPSA) is 70.5 Å². The van der Waals surface area contributed by atoms with E-state index in [0.29, 0.717) is 25.8 Å². The van der Waals surface area contributed by atoms with Crippen molar-refractivity contribution in [1.29, 1.82) is 0 Å². The van der Waals surface area contributed by atoms with Crippen molar-refractivity contribution in [3.05, 3.63) is 36.0 Å². The molecule has 6 heteroatoms. The molecule has 1 amide bonds. The molecule has 1 N–H and O–H groups in total. The highest BCUT2D eigenvalue weighted by molar-refractivity contribution is 7.99. The first-order valence-corrected chi connectivity index (χ1v) is 9.51. The van der Waals surface area contributed by atoms with Gasteiger partial charge in [0, 0.05) is 18.7 Å². The van der Waals surface area contributed by atoms with Gasteiger partial charge in [0.25, 0.3) is 0 Å². The summed E-state index contributed by atoms with van der Waals surface area (Å²) in [5.41, 5.74) is 1.94. The van der Waals surface area contributed by atoms with Gasteiger partial charge in [0.1, 0.15) is 5.82 Å². The lowest BCUT2D eigenvalue weighted by molar-refractivity contribution is -0.137. The summed E-state index contributed by atoms with van der Waals surface area (Å²) in [6, 6.07) is 3.98. The number of hydrogen-bond acceptors (Lipinski definition) is 4. The molecule has 0 radical (unpaired) electrons. The minimum atomic E-state index is -0.794. The summed E-state index contributed by atoms with van der Waals surface area (Å²) in [6.45, 7) is 4.42. The van der Waals surface area contributed by atoms with E-state index in [9.17, 15) is 9.59 Å². The Kier molecular flexibility index (Phi) is 6.85. The largest absolute Gasteiger partial charge is 0.481 e. The van der Waals surface area contributed by atoms with Crippen LogP contribution < -0.4 is 4.90 Å². The van der Waals surface area contributed by atoms with Gasteiger partial charge < -0.3 is 5.11 Å². The van der Waals surface area contributed by atoms with Crippen molar-refractivity contribution in [3.8, 4) is 0 Å². The maximum absolute atomic E-state index is 12.8. The molecule has 1 aliphatic heterocycles. The third-order valence-electron chi connectivity index (χ3n) is 4.13. The number of carboxylic acids is 1. The Balaban J connectivity index is 2.18. The third-order valence-corrected chi connectivity index (χ3v) is 5.09. The van der Waals surface area contributed by atoms with Crippen LogP contribution in [0.1, 0.15) is 36.9 Å². The lowest BCUT2D eigenvalue weighted by Gasteiger charge is -2.31. The van der Waals surface area contributed by atoms with E-state index in [2.05, 4.69) is 11.6 Å². The number of carboxylic acid groups (broad SMARTS) is 1. The first-order chi connectivity index (χ1) is 11.6. The fourth-order valence-corrected chi connectivity index (χ4v) is 3.53. The van der Waals surface area contributed by atoms with E-state index in [1.807, 2.05) is 18.4 Å². The zero-order chi connectivity index (χ0) is 17.5. The summed E-state index contributed by atoms with van der Waals surface area (Å²) in [5.74, 6) is 0.0396. The number of pyridine rings is 1. The Hall–Kier alpha value is -1.82. The van der Waals surface area contributed by atoms with Crippen molar-refractivity contribution in [1.82, 2.24) is 4.98 Å². The molecule has 0 spiro atoms. The number of amides is 1. The SMILES string of the molecule is C=CCC(SC)C(=O)N1CCCc2ccc(CCCC(=O)O)nc21. The summed E-state index contributed by atoms with van der Waals surface area (Å²) < 4.78 is 0. The summed E-state index contributed by atoms with van der Waals surface area (Å²) >= 11 is 1.54. The number of aromatic nitrogens is 1. The van der Waals surface area contributed by atoms with Crippen LogP contribution in [-0.2, 0) is 22.4 Å². The van der Waals surface area contributed by atoms with Crippen molar-refractivity contribution < 1.29 is 14.7 Å². The Morgan fingerprint density at radius 1 is 1.50 bits per heavy atom. The van der Waals surface area contributed by atoms with Crippen molar-refractivity contribution in [2.45, 2.75) is 43.8 Å². The second-order valence-electron chi connectivity index (χ2n) is 5.87. The van der Waals surface area contributed by atoms with E-state index in [1.54, 1.807) is 11.0 Å². The Morgan fingerprint density at radius 2 is 2.29 bits per heavy atom. The molecule has 1 aromatic heterocycles. The lowest BCUT2D eigenvalue weighted by atomic mass is 10.0. The van der Waals surface area contributed by atoms with Gasteiger partial charge in [-0.1, -0.05) is 12.1 Å². The van der Waals surface area contributed by atoms with Crippen LogP contribution in [0.15, 0.2) is 24.8 Å². The van der Waals surface area contributed by atoms with Crippen LogP contribution in [0, 0.1) is 0 Å². The van der Waals surface area contributed by atoms with Gasteiger partial charge >= 0.3 is 5.97 Å². The van der Waals surface area contributed by atoms with E-state index in [0.717, 1.165) is 29.9 Å². The fourth-order valence-electron chi connectivity index (χ4n) is 2.88. The molecule has 0 bridgehead atoms. The maximum atomic E-state index is 12.8. The highest BCUT2D eigenvalue weighted by atomic mass is 32.2. The van der Waals surface area contributed by atoms with Crippen molar-refractivity contribution in [2.24, 2.45) is 0 Å². The predicted molar refractivity (Wildman–Crippen MR) is 97.6 cm³/mol. The average molecular weight is 348 g/mol. The number of aryl methyl sites for hydroxylation is 2. The number of nitrogens with zero attached hydrogens (tertiary/aromatic N) is 2. The molecule has 0 saturated carbocycles. The quantitative estimate of drug-likeness (QED) is 0.731. The Bertz CT molecular complexity index is 618.